The minimum Gasteiger partial charge on any atom is -0.429 e. The molecule has 0 saturated carbocycles. The van der Waals surface area contributed by atoms with E-state index in [0.717, 1.165) is 25.4 Å². The molecule has 0 bridgehead atoms. The number of nitrogens with zero attached hydrogens (tertiary/aromatic N) is 2. The van der Waals surface area contributed by atoms with Crippen molar-refractivity contribution < 1.29 is 14.5 Å². The molecule has 0 atom stereocenters. The Bertz CT molecular complexity index is 1230. The van der Waals surface area contributed by atoms with Crippen LogP contribution in [-0.4, -0.2) is 15.2 Å². The van der Waals surface area contributed by atoms with Crippen molar-refractivity contribution in [3.63, 3.8) is 0 Å². The number of aliphatic hydroxyl groups is 2. The van der Waals surface area contributed by atoms with Gasteiger partial charge in [-0.05, 0) is 24.3 Å². The molecule has 2 heterocycles. The van der Waals surface area contributed by atoms with Crippen molar-refractivity contribution in [3.8, 4) is 0 Å². The standard InChI is InChI=1S/C20H14N2O2S2/c23-20(24)22-15-9-5-7-11-17(15)26-19(22)13-3-1-2-12-18-21-14-8-4-6-10-16(14)25-18/h1-13H,(H,23,24)/p+1. The number of benzene rings is 2. The third-order valence-electron chi connectivity index (χ3n) is 3.75. The highest BCUT2D eigenvalue weighted by atomic mass is 32.1. The number of aliphatic hydroxyl groups excluding tert-OH is 1. The summed E-state index contributed by atoms with van der Waals surface area (Å²) >= 11 is 3.14. The first-order chi connectivity index (χ1) is 12.7. The van der Waals surface area contributed by atoms with Crippen molar-refractivity contribution in [1.82, 2.24) is 4.98 Å². The van der Waals surface area contributed by atoms with E-state index in [2.05, 4.69) is 11.1 Å². The predicted molar refractivity (Wildman–Crippen MR) is 108 cm³/mol. The van der Waals surface area contributed by atoms with Crippen LogP contribution in [0, 0.1) is 6.08 Å². The number of hydrogen-bond donors (Lipinski definition) is 2. The molecule has 0 radical (unpaired) electrons. The van der Waals surface area contributed by atoms with E-state index in [0.29, 0.717) is 0 Å². The highest BCUT2D eigenvalue weighted by molar-refractivity contribution is 7.19. The van der Waals surface area contributed by atoms with E-state index in [1.54, 1.807) is 11.3 Å². The van der Waals surface area contributed by atoms with E-state index in [4.69, 9.17) is 0 Å². The van der Waals surface area contributed by atoms with Crippen LogP contribution in [0.1, 0.15) is 5.01 Å². The zero-order chi connectivity index (χ0) is 17.9. The van der Waals surface area contributed by atoms with Gasteiger partial charge in [0.25, 0.3) is 4.66 Å². The second-order valence-electron chi connectivity index (χ2n) is 5.47. The monoisotopic (exact) mass is 379 g/mol. The summed E-state index contributed by atoms with van der Waals surface area (Å²) in [7, 11) is 0. The van der Waals surface area contributed by atoms with E-state index in [-0.39, 0.29) is 0 Å². The van der Waals surface area contributed by atoms with E-state index in [9.17, 15) is 10.2 Å². The molecule has 26 heavy (non-hydrogen) atoms. The van der Waals surface area contributed by atoms with Gasteiger partial charge in [-0.15, -0.1) is 11.3 Å². The number of fused-ring (bicyclic) bond motifs is 2. The fourth-order valence-corrected chi connectivity index (χ4v) is 4.56. The number of rotatable bonds is 3. The van der Waals surface area contributed by atoms with Crippen molar-refractivity contribution in [2.45, 2.75) is 0 Å². The summed E-state index contributed by atoms with van der Waals surface area (Å²) in [5, 5.41) is 20.1. The summed E-state index contributed by atoms with van der Waals surface area (Å²) in [6.07, 6.45) is 8.77. The van der Waals surface area contributed by atoms with Crippen LogP contribution in [0.4, 0.5) is 0 Å². The van der Waals surface area contributed by atoms with Crippen molar-refractivity contribution >= 4 is 55.3 Å². The average Bonchev–Trinajstić information content (AvgIpc) is 3.21. The molecular weight excluding hydrogens is 364 g/mol. The Labute approximate surface area is 157 Å². The molecule has 2 aromatic carbocycles. The lowest BCUT2D eigenvalue weighted by Crippen LogP contribution is -2.36. The Balaban J connectivity index is 1.63. The Morgan fingerprint density at radius 3 is 2.46 bits per heavy atom. The van der Waals surface area contributed by atoms with Crippen LogP contribution in [0.3, 0.4) is 0 Å². The lowest BCUT2D eigenvalue weighted by molar-refractivity contribution is -0.549. The summed E-state index contributed by atoms with van der Waals surface area (Å²) in [6.45, 7) is 0. The smallest absolute Gasteiger partial charge is 0.429 e. The number of aromatic nitrogens is 2. The van der Waals surface area contributed by atoms with Gasteiger partial charge in [0.15, 0.2) is 0 Å². The van der Waals surface area contributed by atoms with E-state index in [1.807, 2.05) is 72.8 Å². The zero-order valence-corrected chi connectivity index (χ0v) is 15.2. The molecule has 128 valence electrons. The predicted octanol–water partition coefficient (Wildman–Crippen LogP) is 4.26. The molecule has 0 fully saturated rings. The quantitative estimate of drug-likeness (QED) is 0.413. The maximum absolute atomic E-state index is 9.59. The van der Waals surface area contributed by atoms with Crippen LogP contribution >= 0.6 is 22.7 Å². The van der Waals surface area contributed by atoms with Gasteiger partial charge in [-0.3, -0.25) is 0 Å². The fraction of sp³-hybridized carbons (Fsp3) is 0. The molecule has 0 saturated heterocycles. The minimum atomic E-state index is -0.730. The van der Waals surface area contributed by atoms with E-state index < -0.39 is 6.08 Å². The van der Waals surface area contributed by atoms with Gasteiger partial charge in [-0.25, -0.2) is 4.98 Å². The second-order valence-corrected chi connectivity index (χ2v) is 7.60. The molecule has 0 spiro atoms. The summed E-state index contributed by atoms with van der Waals surface area (Å²) < 4.78 is 4.30. The number of allylic oxidation sites excluding steroid dienone is 3. The Morgan fingerprint density at radius 1 is 0.885 bits per heavy atom. The number of thiazole rings is 2. The first-order valence-electron chi connectivity index (χ1n) is 7.95. The van der Waals surface area contributed by atoms with Crippen molar-refractivity contribution in [1.29, 1.82) is 0 Å². The van der Waals surface area contributed by atoms with Crippen LogP contribution < -0.4 is 8.91 Å². The number of para-hydroxylation sites is 2. The van der Waals surface area contributed by atoms with Crippen LogP contribution in [0.25, 0.3) is 32.6 Å². The summed E-state index contributed by atoms with van der Waals surface area (Å²) in [5.41, 5.74) is 1.77. The highest BCUT2D eigenvalue weighted by Crippen LogP contribution is 2.22. The normalized spacial score (nSPS) is 12.8. The molecule has 4 rings (SSSR count). The van der Waals surface area contributed by atoms with Crippen LogP contribution in [0.5, 0.6) is 0 Å². The van der Waals surface area contributed by atoms with Gasteiger partial charge >= 0.3 is 6.08 Å². The molecular formula is C20H15N2O2S2+. The third kappa shape index (κ3) is 3.24. The van der Waals surface area contributed by atoms with Crippen LogP contribution in [0.2, 0.25) is 0 Å². The first-order valence-corrected chi connectivity index (χ1v) is 9.58. The van der Waals surface area contributed by atoms with Crippen molar-refractivity contribution in [2.24, 2.45) is 0 Å². The van der Waals surface area contributed by atoms with Gasteiger partial charge in [0, 0.05) is 12.1 Å². The first kappa shape index (κ1) is 16.5. The van der Waals surface area contributed by atoms with Crippen LogP contribution in [-0.2, 0) is 0 Å². The Kier molecular flexibility index (Phi) is 4.51. The molecule has 2 N–H and O–H groups in total. The topological polar surface area (TPSA) is 59.2 Å². The average molecular weight is 379 g/mol. The maximum atomic E-state index is 9.59. The van der Waals surface area contributed by atoms with Crippen molar-refractivity contribution in [2.75, 3.05) is 0 Å². The van der Waals surface area contributed by atoms with E-state index in [1.165, 1.54) is 20.3 Å². The van der Waals surface area contributed by atoms with Gasteiger partial charge in [0.1, 0.15) is 9.71 Å². The third-order valence-corrected chi connectivity index (χ3v) is 5.85. The minimum absolute atomic E-state index is 0.730. The molecule has 6 heteroatoms. The molecule has 0 aliphatic heterocycles. The van der Waals surface area contributed by atoms with Gasteiger partial charge in [0.05, 0.1) is 10.2 Å². The Morgan fingerprint density at radius 2 is 1.65 bits per heavy atom. The maximum Gasteiger partial charge on any atom is 0.557 e. The second kappa shape index (κ2) is 7.11. The highest BCUT2D eigenvalue weighted by Gasteiger charge is 2.13. The Hall–Kier alpha value is -2.96. The molecule has 0 aliphatic rings. The van der Waals surface area contributed by atoms with Gasteiger partial charge < -0.3 is 10.2 Å². The molecule has 0 unspecified atom stereocenters. The number of hydrogen-bond acceptors (Lipinski definition) is 5. The SMILES string of the molecule is OC(O)=[n+]1c(=CC=CC=Cc2nc3ccccc3s2)sc2ccccc21. The zero-order valence-electron chi connectivity index (χ0n) is 13.6. The summed E-state index contributed by atoms with van der Waals surface area (Å²) in [5.74, 6) is 0. The van der Waals surface area contributed by atoms with Gasteiger partial charge in [-0.2, -0.15) is 0 Å². The molecule has 2 aromatic heterocycles. The molecule has 4 aromatic rings. The van der Waals surface area contributed by atoms with E-state index >= 15 is 0 Å². The van der Waals surface area contributed by atoms with Crippen LogP contribution in [0.15, 0.2) is 66.8 Å². The molecule has 4 nitrogen and oxygen atoms in total. The van der Waals surface area contributed by atoms with Gasteiger partial charge in [0.2, 0.25) is 5.52 Å². The molecule has 0 aliphatic carbocycles. The van der Waals surface area contributed by atoms with Gasteiger partial charge in [-0.1, -0.05) is 58.1 Å². The lowest BCUT2D eigenvalue weighted by atomic mass is 10.3. The largest absolute Gasteiger partial charge is 0.557 e. The fourth-order valence-electron chi connectivity index (χ4n) is 2.62. The molecule has 0 amide bonds. The summed E-state index contributed by atoms with van der Waals surface area (Å²) in [4.78, 5) is 4.55. The lowest BCUT2D eigenvalue weighted by Gasteiger charge is -1.80. The summed E-state index contributed by atoms with van der Waals surface area (Å²) in [6, 6.07) is 15.7. The van der Waals surface area contributed by atoms with Crippen molar-refractivity contribution in [3.05, 3.63) is 82.5 Å².